The molecule has 114 heavy (non-hydrogen) atoms. The number of aromatic hydroxyl groups is 4. The summed E-state index contributed by atoms with van der Waals surface area (Å²) in [6.07, 6.45) is -0.265. The van der Waals surface area contributed by atoms with Crippen molar-refractivity contribution >= 4 is 59.3 Å². The van der Waals surface area contributed by atoms with Crippen molar-refractivity contribution in [3.63, 3.8) is 0 Å². The molecule has 4 aromatic carbocycles. The van der Waals surface area contributed by atoms with Crippen LogP contribution >= 0.6 is 0 Å². The van der Waals surface area contributed by atoms with Crippen molar-refractivity contribution in [3.05, 3.63) is 95.6 Å². The van der Waals surface area contributed by atoms with Crippen LogP contribution in [0.15, 0.2) is 72.8 Å². The van der Waals surface area contributed by atoms with Crippen molar-refractivity contribution in [2.45, 2.75) is 135 Å². The van der Waals surface area contributed by atoms with Crippen LogP contribution < -0.4 is 30.7 Å². The van der Waals surface area contributed by atoms with Gasteiger partial charge in [-0.2, -0.15) is 0 Å². The summed E-state index contributed by atoms with van der Waals surface area (Å²) in [5, 5.41) is 111. The fraction of sp³-hybridized carbons (Fsp3) is 0.506. The molecule has 3 saturated heterocycles. The predicted octanol–water partition coefficient (Wildman–Crippen LogP) is 3.67. The molecule has 9 rings (SSSR count). The first kappa shape index (κ1) is 89.3. The Morgan fingerprint density at radius 2 is 0.860 bits per heavy atom. The van der Waals surface area contributed by atoms with Crippen LogP contribution in [0.2, 0.25) is 0 Å². The van der Waals surface area contributed by atoms with Gasteiger partial charge in [-0.05, 0) is 110 Å². The Bertz CT molecular complexity index is 4320. The molecule has 37 heteroatoms. The van der Waals surface area contributed by atoms with Crippen LogP contribution in [-0.4, -0.2) is 301 Å². The van der Waals surface area contributed by atoms with Crippen LogP contribution in [-0.2, 0) is 38.4 Å². The van der Waals surface area contributed by atoms with E-state index in [1.54, 1.807) is 89.2 Å². The molecule has 6 aromatic rings. The molecule has 6 amide bonds. The number of ether oxygens (including phenoxy) is 2. The standard InChI is InChI=1S/C77H102N16O20.Lu/c1-7-78-75(108)72-84-82-70(56-39-54(46(3)4)60(94)41-62(56)96)92(72)48-9-13-50(14-10-48)112-52-22-27-90(28-23-52)65(99)20-17-58(81-64(98)19-18-59(77(110)111)89-37-35-87(44-68(103)104)33-31-86(43-67(101)102)32-34-88(36-38-89)45-69(105)106)74(107)80-26-21-66(100)91-29-24-53(25-30-91)113-51-15-11-49(12-16-51)93-71(83-85-73(93)76(109)79-8-2)57-40-55(47(5)6)61(95)42-63(57)97;/h9-16,39-42,46-47,52-53,58-59,94-97H,7-8,17-38,43-45H2,1-6H3,(H,78,108)(H,79,109)(H,80,107)(H,81,98)(H,101,102)(H,103,104)(H,105,106)(H,110,111);/t58-,59-;/m1./s1. The number of piperidine rings is 2. The van der Waals surface area contributed by atoms with Gasteiger partial charge >= 0.3 is 23.9 Å². The minimum Gasteiger partial charge on any atom is -0.508 e. The van der Waals surface area contributed by atoms with E-state index in [9.17, 15) is 88.8 Å². The third-order valence-corrected chi connectivity index (χ3v) is 20.1. The van der Waals surface area contributed by atoms with Crippen LogP contribution in [0.25, 0.3) is 34.2 Å². The second-order valence-electron chi connectivity index (χ2n) is 28.8. The van der Waals surface area contributed by atoms with Gasteiger partial charge in [-0.3, -0.25) is 76.7 Å². The van der Waals surface area contributed by atoms with E-state index in [4.69, 9.17) is 9.47 Å². The number of phenolic OH excluding ortho intramolecular Hbond substituents is 4. The van der Waals surface area contributed by atoms with E-state index in [-0.39, 0.29) is 234 Å². The van der Waals surface area contributed by atoms with E-state index in [1.807, 2.05) is 27.7 Å². The van der Waals surface area contributed by atoms with Gasteiger partial charge in [0.05, 0.1) is 30.8 Å². The first-order valence-electron chi connectivity index (χ1n) is 38.0. The van der Waals surface area contributed by atoms with E-state index < -0.39 is 79.1 Å². The van der Waals surface area contributed by atoms with Crippen LogP contribution in [0.5, 0.6) is 34.5 Å². The first-order chi connectivity index (χ1) is 54.0. The molecule has 12 N–H and O–H groups in total. The molecular formula is C77H102LuN16O20. The van der Waals surface area contributed by atoms with Crippen LogP contribution in [0.4, 0.5) is 0 Å². The summed E-state index contributed by atoms with van der Waals surface area (Å²) in [5.74, 6) is -7.71. The van der Waals surface area contributed by atoms with Crippen LogP contribution in [0.3, 0.4) is 0 Å². The van der Waals surface area contributed by atoms with Gasteiger partial charge in [-0.25, -0.2) is 0 Å². The molecule has 0 bridgehead atoms. The summed E-state index contributed by atoms with van der Waals surface area (Å²) >= 11 is 0. The molecule has 0 spiro atoms. The predicted molar refractivity (Wildman–Crippen MR) is 408 cm³/mol. The summed E-state index contributed by atoms with van der Waals surface area (Å²) in [4.78, 5) is 141. The van der Waals surface area contributed by atoms with Crippen molar-refractivity contribution in [2.75, 3.05) is 118 Å². The Morgan fingerprint density at radius 1 is 0.474 bits per heavy atom. The molecule has 0 saturated carbocycles. The first-order valence-corrected chi connectivity index (χ1v) is 38.0. The number of carboxylic acids is 4. The van der Waals surface area contributed by atoms with E-state index in [0.29, 0.717) is 85.9 Å². The molecule has 0 aliphatic carbocycles. The van der Waals surface area contributed by atoms with Crippen molar-refractivity contribution in [1.29, 1.82) is 0 Å². The largest absolute Gasteiger partial charge is 0.508 e. The number of aromatic nitrogens is 6. The number of hydrogen-bond acceptors (Lipinski definition) is 24. The maximum Gasteiger partial charge on any atom is 0.320 e. The number of carbonyl (C=O) groups excluding carboxylic acids is 6. The van der Waals surface area contributed by atoms with E-state index in [0.717, 1.165) is 0 Å². The van der Waals surface area contributed by atoms with Gasteiger partial charge in [0, 0.05) is 203 Å². The maximum absolute atomic E-state index is 14.3. The van der Waals surface area contributed by atoms with Gasteiger partial charge in [0.1, 0.15) is 58.8 Å². The summed E-state index contributed by atoms with van der Waals surface area (Å²) in [6, 6.07) is 16.6. The Labute approximate surface area is 687 Å². The summed E-state index contributed by atoms with van der Waals surface area (Å²) < 4.78 is 15.8. The zero-order valence-corrected chi connectivity index (χ0v) is 66.2. The van der Waals surface area contributed by atoms with E-state index >= 15 is 0 Å². The number of nitrogens with zero attached hydrogens (tertiary/aromatic N) is 12. The van der Waals surface area contributed by atoms with Gasteiger partial charge in [0.2, 0.25) is 35.3 Å². The van der Waals surface area contributed by atoms with Gasteiger partial charge in [-0.15, -0.1) is 20.4 Å². The number of likely N-dealkylation sites (tertiary alicyclic amines) is 2. The topological polar surface area (TPSA) is 480 Å². The van der Waals surface area contributed by atoms with Crippen molar-refractivity contribution in [1.82, 2.24) is 80.2 Å². The minimum atomic E-state index is -1.38. The molecule has 3 aliphatic heterocycles. The molecule has 0 unspecified atom stereocenters. The zero-order chi connectivity index (χ0) is 81.7. The number of nitrogens with one attached hydrogen (secondary N) is 4. The molecule has 36 nitrogen and oxygen atoms in total. The Kier molecular flexibility index (Phi) is 33.1. The quantitative estimate of drug-likeness (QED) is 0.0280. The SMILES string of the molecule is CCNC(=O)c1nnc(-c2cc(C(C)C)c(O)cc2O)n1-c1ccc(OC2CCN(C(=O)CCNC(=O)[C@@H](CCC(=O)N3CCC(Oc4ccc(-n5c(C(=O)NCC)nnc5-c5cc(C(C)C)c(O)cc5O)cc4)CC3)NC(=O)CC[C@H](C(=O)O)N3CCN(CC(=O)O)CCN(CC(=O)O)CCN(CC(=O)O)CC3)CC2)cc1.[Lu]. The monoisotopic (exact) mass is 1750 g/mol. The molecule has 3 fully saturated rings. The van der Waals surface area contributed by atoms with Crippen LogP contribution in [0.1, 0.15) is 144 Å². The Balaban J connectivity index is 0.0000163. The van der Waals surface area contributed by atoms with Gasteiger partial charge in [0.15, 0.2) is 11.6 Å². The fourth-order valence-corrected chi connectivity index (χ4v) is 14.0. The fourth-order valence-electron chi connectivity index (χ4n) is 14.0. The second kappa shape index (κ2) is 42.2. The molecule has 3 aliphatic rings. The number of amides is 6. The average Bonchev–Trinajstić information content (AvgIpc) is 1.58. The third-order valence-electron chi connectivity index (χ3n) is 20.1. The van der Waals surface area contributed by atoms with Crippen molar-refractivity contribution < 1.29 is 135 Å². The number of phenols is 4. The average molecular weight is 1750 g/mol. The summed E-state index contributed by atoms with van der Waals surface area (Å²) in [6.45, 7) is 11.7. The smallest absolute Gasteiger partial charge is 0.320 e. The number of carbonyl (C=O) groups is 10. The van der Waals surface area contributed by atoms with Crippen molar-refractivity contribution in [3.8, 4) is 68.6 Å². The zero-order valence-electron chi connectivity index (χ0n) is 64.6. The molecular weight excluding hydrogens is 1640 g/mol. The Hall–Kier alpha value is -10.3. The Morgan fingerprint density at radius 3 is 1.23 bits per heavy atom. The van der Waals surface area contributed by atoms with E-state index in [1.165, 1.54) is 36.0 Å². The molecule has 2 atom stereocenters. The molecule has 2 aromatic heterocycles. The normalized spacial score (nSPS) is 15.9. The van der Waals surface area contributed by atoms with Gasteiger partial charge in [-0.1, -0.05) is 27.7 Å². The van der Waals surface area contributed by atoms with Gasteiger partial charge < -0.3 is 81.4 Å². The molecule has 625 valence electrons. The summed E-state index contributed by atoms with van der Waals surface area (Å²) in [7, 11) is 0. The number of carboxylic acid groups (broad SMARTS) is 4. The second-order valence-corrected chi connectivity index (χ2v) is 28.8. The van der Waals surface area contributed by atoms with Gasteiger partial charge in [0.25, 0.3) is 11.8 Å². The molecule has 1 radical (unpaired) electrons. The van der Waals surface area contributed by atoms with Crippen molar-refractivity contribution in [2.24, 2.45) is 0 Å². The number of aliphatic carboxylic acids is 4. The molecule has 5 heterocycles. The number of hydrogen-bond donors (Lipinski definition) is 12. The third kappa shape index (κ3) is 24.4. The van der Waals surface area contributed by atoms with E-state index in [2.05, 4.69) is 41.7 Å². The summed E-state index contributed by atoms with van der Waals surface area (Å²) in [5.41, 5.74) is 2.52. The maximum atomic E-state index is 14.3. The number of rotatable bonds is 33. The van der Waals surface area contributed by atoms with Crippen LogP contribution in [0, 0.1) is 36.9 Å². The number of benzene rings is 4. The minimum absolute atomic E-state index is 0.